The van der Waals surface area contributed by atoms with Gasteiger partial charge in [0.25, 0.3) is 0 Å². The highest BCUT2D eigenvalue weighted by atomic mass is 16.3. The third-order valence-electron chi connectivity index (χ3n) is 2.71. The van der Waals surface area contributed by atoms with Crippen molar-refractivity contribution in [3.63, 3.8) is 0 Å². The maximum absolute atomic E-state index is 9.56. The van der Waals surface area contributed by atoms with Gasteiger partial charge in [0.05, 0.1) is 5.70 Å². The Morgan fingerprint density at radius 2 is 2.00 bits per heavy atom. The summed E-state index contributed by atoms with van der Waals surface area (Å²) in [6.45, 7) is 7.27. The number of piperazine rings is 1. The van der Waals surface area contributed by atoms with Crippen LogP contribution in [0, 0.1) is 0 Å². The van der Waals surface area contributed by atoms with Gasteiger partial charge < -0.3 is 10.0 Å². The summed E-state index contributed by atoms with van der Waals surface area (Å²) in [4.78, 5) is 2.13. The molecule has 0 saturated carbocycles. The Morgan fingerprint density at radius 3 is 2.50 bits per heavy atom. The minimum atomic E-state index is -0.226. The molecular formula is C9H16N2O. The van der Waals surface area contributed by atoms with Crippen LogP contribution >= 0.6 is 0 Å². The summed E-state index contributed by atoms with van der Waals surface area (Å²) in [5.41, 5.74) is 0.912. The molecule has 0 aromatic heterocycles. The molecule has 1 heterocycles. The van der Waals surface area contributed by atoms with Gasteiger partial charge in [-0.05, 0) is 20.8 Å². The van der Waals surface area contributed by atoms with Crippen LogP contribution in [0.1, 0.15) is 20.8 Å². The first-order chi connectivity index (χ1) is 5.37. The fraction of sp³-hybridized carbons (Fsp3) is 0.778. The molecule has 1 aliphatic heterocycles. The van der Waals surface area contributed by atoms with Crippen molar-refractivity contribution < 1.29 is 5.11 Å². The van der Waals surface area contributed by atoms with Crippen molar-refractivity contribution in [2.75, 3.05) is 13.6 Å². The van der Waals surface area contributed by atoms with Crippen LogP contribution in [0.4, 0.5) is 0 Å². The van der Waals surface area contributed by atoms with Gasteiger partial charge in [-0.15, -0.1) is 0 Å². The minimum Gasteiger partial charge on any atom is -0.508 e. The predicted molar refractivity (Wildman–Crippen MR) is 47.9 cm³/mol. The van der Waals surface area contributed by atoms with E-state index in [0.717, 1.165) is 12.2 Å². The first kappa shape index (κ1) is 7.92. The van der Waals surface area contributed by atoms with Gasteiger partial charge in [0.1, 0.15) is 11.3 Å². The third-order valence-corrected chi connectivity index (χ3v) is 2.71. The Labute approximate surface area is 73.1 Å². The number of nitrogens with zero attached hydrogens (tertiary/aromatic N) is 1. The molecule has 2 rings (SSSR count). The molecule has 68 valence electrons. The number of fused-ring (bicyclic) bond motifs is 1. The summed E-state index contributed by atoms with van der Waals surface area (Å²) in [6, 6.07) is 0. The topological polar surface area (TPSA) is 35.5 Å². The molecule has 2 N–H and O–H groups in total. The van der Waals surface area contributed by atoms with Crippen molar-refractivity contribution in [3.05, 3.63) is 11.5 Å². The van der Waals surface area contributed by atoms with E-state index in [1.807, 2.05) is 14.0 Å². The monoisotopic (exact) mass is 168 g/mol. The zero-order chi connectivity index (χ0) is 9.15. The molecule has 0 aromatic carbocycles. The van der Waals surface area contributed by atoms with Gasteiger partial charge in [0.2, 0.25) is 0 Å². The molecule has 0 amide bonds. The largest absolute Gasteiger partial charge is 0.508 e. The molecule has 0 radical (unpaired) electrons. The summed E-state index contributed by atoms with van der Waals surface area (Å²) in [5.74, 6) is 0.510. The van der Waals surface area contributed by atoms with E-state index in [-0.39, 0.29) is 11.1 Å². The molecule has 0 aromatic rings. The van der Waals surface area contributed by atoms with E-state index in [2.05, 4.69) is 24.1 Å². The highest BCUT2D eigenvalue weighted by Crippen LogP contribution is 2.47. The van der Waals surface area contributed by atoms with Crippen LogP contribution < -0.4 is 5.32 Å². The van der Waals surface area contributed by atoms with Crippen molar-refractivity contribution in [1.29, 1.82) is 0 Å². The summed E-state index contributed by atoms with van der Waals surface area (Å²) < 4.78 is 0. The van der Waals surface area contributed by atoms with E-state index in [4.69, 9.17) is 0 Å². The number of nitrogens with one attached hydrogen (secondary N) is 1. The molecule has 1 atom stereocenters. The molecule has 2 aliphatic rings. The molecule has 1 saturated heterocycles. The Kier molecular flexibility index (Phi) is 1.18. The smallest absolute Gasteiger partial charge is 0.140 e. The predicted octanol–water partition coefficient (Wildman–Crippen LogP) is 0.842. The summed E-state index contributed by atoms with van der Waals surface area (Å²) in [7, 11) is 2.03. The first-order valence-corrected chi connectivity index (χ1v) is 4.31. The van der Waals surface area contributed by atoms with E-state index in [9.17, 15) is 5.11 Å². The maximum atomic E-state index is 9.56. The lowest BCUT2D eigenvalue weighted by atomic mass is 9.98. The van der Waals surface area contributed by atoms with E-state index in [1.54, 1.807) is 0 Å². The highest BCUT2D eigenvalue weighted by Gasteiger charge is 2.58. The summed E-state index contributed by atoms with van der Waals surface area (Å²) >= 11 is 0. The van der Waals surface area contributed by atoms with Crippen LogP contribution in [-0.2, 0) is 0 Å². The zero-order valence-electron chi connectivity index (χ0n) is 8.10. The quantitative estimate of drug-likeness (QED) is 0.562. The Balaban J connectivity index is 2.26. The van der Waals surface area contributed by atoms with Crippen LogP contribution in [0.5, 0.6) is 0 Å². The second kappa shape index (κ2) is 1.79. The first-order valence-electron chi connectivity index (χ1n) is 4.31. The van der Waals surface area contributed by atoms with Gasteiger partial charge in [-0.25, -0.2) is 0 Å². The van der Waals surface area contributed by atoms with Crippen LogP contribution in [0.25, 0.3) is 0 Å². The van der Waals surface area contributed by atoms with Gasteiger partial charge in [-0.2, -0.15) is 0 Å². The molecular weight excluding hydrogens is 152 g/mol. The van der Waals surface area contributed by atoms with Crippen molar-refractivity contribution in [3.8, 4) is 0 Å². The van der Waals surface area contributed by atoms with Crippen LogP contribution in [0.3, 0.4) is 0 Å². The molecule has 3 nitrogen and oxygen atoms in total. The van der Waals surface area contributed by atoms with Crippen molar-refractivity contribution in [2.24, 2.45) is 0 Å². The number of hydrogen-bond donors (Lipinski definition) is 2. The van der Waals surface area contributed by atoms with E-state index in [0.29, 0.717) is 5.76 Å². The number of likely N-dealkylation sites (N-methyl/N-ethyl adjacent to an activating group) is 1. The molecule has 1 fully saturated rings. The molecule has 0 spiro atoms. The summed E-state index contributed by atoms with van der Waals surface area (Å²) in [5, 5.41) is 13.0. The lowest BCUT2D eigenvalue weighted by Gasteiger charge is -2.40. The second-order valence-electron chi connectivity index (χ2n) is 4.69. The summed E-state index contributed by atoms with van der Waals surface area (Å²) in [6.07, 6.45) is 0. The van der Waals surface area contributed by atoms with E-state index >= 15 is 0 Å². The standard InChI is InChI=1S/C9H16N2O/c1-8(2)5-11(4)6-7(12)9(6,3)10-8/h10,12H,5H2,1-4H3. The molecule has 1 aliphatic carbocycles. The second-order valence-corrected chi connectivity index (χ2v) is 4.69. The number of hydrogen-bond acceptors (Lipinski definition) is 3. The minimum absolute atomic E-state index is 0.0808. The Hall–Kier alpha value is -0.700. The van der Waals surface area contributed by atoms with Crippen LogP contribution in [0.2, 0.25) is 0 Å². The average Bonchev–Trinajstić information content (AvgIpc) is 2.30. The van der Waals surface area contributed by atoms with Crippen molar-refractivity contribution in [2.45, 2.75) is 31.8 Å². The third kappa shape index (κ3) is 0.800. The van der Waals surface area contributed by atoms with Crippen molar-refractivity contribution >= 4 is 0 Å². The molecule has 12 heavy (non-hydrogen) atoms. The molecule has 3 heteroatoms. The molecule has 1 unspecified atom stereocenters. The van der Waals surface area contributed by atoms with Gasteiger partial charge in [-0.3, -0.25) is 5.32 Å². The number of aliphatic hydroxyl groups is 1. The van der Waals surface area contributed by atoms with Crippen LogP contribution in [-0.4, -0.2) is 34.7 Å². The lowest BCUT2D eigenvalue weighted by Crippen LogP contribution is -2.59. The van der Waals surface area contributed by atoms with Crippen LogP contribution in [0.15, 0.2) is 11.5 Å². The van der Waals surface area contributed by atoms with E-state index < -0.39 is 0 Å². The van der Waals surface area contributed by atoms with Gasteiger partial charge in [0.15, 0.2) is 0 Å². The van der Waals surface area contributed by atoms with Gasteiger partial charge >= 0.3 is 0 Å². The van der Waals surface area contributed by atoms with Gasteiger partial charge in [0, 0.05) is 19.1 Å². The molecule has 0 bridgehead atoms. The number of rotatable bonds is 0. The maximum Gasteiger partial charge on any atom is 0.140 e. The van der Waals surface area contributed by atoms with Gasteiger partial charge in [-0.1, -0.05) is 0 Å². The highest BCUT2D eigenvalue weighted by molar-refractivity contribution is 5.50. The zero-order valence-corrected chi connectivity index (χ0v) is 8.10. The fourth-order valence-electron chi connectivity index (χ4n) is 2.41. The normalized spacial score (nSPS) is 38.2. The Bertz CT molecular complexity index is 270. The SMILES string of the molecule is CN1CC(C)(C)NC2(C)C(O)=C12. The van der Waals surface area contributed by atoms with Crippen molar-refractivity contribution in [1.82, 2.24) is 10.2 Å². The lowest BCUT2D eigenvalue weighted by molar-refractivity contribution is 0.192. The number of aliphatic hydroxyl groups excluding tert-OH is 1. The fourth-order valence-corrected chi connectivity index (χ4v) is 2.41. The van der Waals surface area contributed by atoms with E-state index in [1.165, 1.54) is 0 Å². The Morgan fingerprint density at radius 1 is 1.42 bits per heavy atom. The average molecular weight is 168 g/mol.